The van der Waals surface area contributed by atoms with Crippen LogP contribution in [0.5, 0.6) is 0 Å². The average Bonchev–Trinajstić information content (AvgIpc) is 1.96. The molecule has 4 unspecified atom stereocenters. The van der Waals surface area contributed by atoms with Crippen molar-refractivity contribution in [2.45, 2.75) is 57.1 Å². The highest BCUT2D eigenvalue weighted by Crippen LogP contribution is 2.50. The molecule has 2 bridgehead atoms. The Morgan fingerprint density at radius 1 is 1.31 bits per heavy atom. The Hall–Kier alpha value is -0.150. The van der Waals surface area contributed by atoms with Gasteiger partial charge in [-0.3, -0.25) is 0 Å². The van der Waals surface area contributed by atoms with Gasteiger partial charge < -0.3 is 9.84 Å². The zero-order valence-electron chi connectivity index (χ0n) is 8.38. The van der Waals surface area contributed by atoms with Crippen molar-refractivity contribution in [3.63, 3.8) is 0 Å². The smallest absolute Gasteiger partial charge is 0.132 e. The van der Waals surface area contributed by atoms with Crippen molar-refractivity contribution in [3.05, 3.63) is 0 Å². The van der Waals surface area contributed by atoms with Crippen molar-refractivity contribution in [2.24, 2.45) is 5.92 Å². The van der Waals surface area contributed by atoms with E-state index >= 15 is 0 Å². The molecule has 1 saturated carbocycles. The first-order chi connectivity index (χ1) is 5.86. The third kappa shape index (κ3) is 1.13. The lowest BCUT2D eigenvalue weighted by atomic mass is 9.66. The van der Waals surface area contributed by atoms with E-state index in [-0.39, 0.29) is 11.5 Å². The summed E-state index contributed by atoms with van der Waals surface area (Å²) in [6, 6.07) is 0. The highest BCUT2D eigenvalue weighted by Gasteiger charge is 2.59. The molecule has 1 aliphatic carbocycles. The summed E-state index contributed by atoms with van der Waals surface area (Å²) in [6.45, 7) is 5.64. The van der Waals surface area contributed by atoms with Gasteiger partial charge in [-0.05, 0) is 39.5 Å². The molecule has 3 aliphatic rings. The minimum Gasteiger partial charge on any atom is -0.390 e. The molecule has 0 amide bonds. The van der Waals surface area contributed by atoms with Crippen LogP contribution in [0.3, 0.4) is 0 Å². The maximum Gasteiger partial charge on any atom is 0.132 e. The van der Waals surface area contributed by atoms with Crippen molar-refractivity contribution in [1.82, 2.24) is 0 Å². The van der Waals surface area contributed by atoms with Crippen LogP contribution in [0.4, 0.5) is 4.39 Å². The second-order valence-electron chi connectivity index (χ2n) is 5.04. The molecule has 2 heterocycles. The van der Waals surface area contributed by atoms with Gasteiger partial charge in [-0.1, -0.05) is 0 Å². The van der Waals surface area contributed by atoms with Crippen LogP contribution in [-0.4, -0.2) is 28.6 Å². The Labute approximate surface area is 78.1 Å². The zero-order chi connectivity index (χ0) is 9.85. The Morgan fingerprint density at radius 2 is 1.92 bits per heavy atom. The van der Waals surface area contributed by atoms with Gasteiger partial charge in [0.15, 0.2) is 0 Å². The monoisotopic (exact) mass is 188 g/mol. The van der Waals surface area contributed by atoms with E-state index in [1.165, 1.54) is 0 Å². The van der Waals surface area contributed by atoms with Crippen molar-refractivity contribution < 1.29 is 14.2 Å². The van der Waals surface area contributed by atoms with E-state index in [4.69, 9.17) is 4.74 Å². The molecule has 2 saturated heterocycles. The van der Waals surface area contributed by atoms with Crippen molar-refractivity contribution in [2.75, 3.05) is 0 Å². The van der Waals surface area contributed by atoms with Gasteiger partial charge >= 0.3 is 0 Å². The minimum absolute atomic E-state index is 0.152. The van der Waals surface area contributed by atoms with Gasteiger partial charge in [0, 0.05) is 0 Å². The predicted molar refractivity (Wildman–Crippen MR) is 47.2 cm³/mol. The second kappa shape index (κ2) is 2.45. The van der Waals surface area contributed by atoms with Crippen molar-refractivity contribution in [1.29, 1.82) is 0 Å². The van der Waals surface area contributed by atoms with Crippen LogP contribution in [0.1, 0.15) is 33.6 Å². The molecule has 0 radical (unpaired) electrons. The molecule has 4 atom stereocenters. The largest absolute Gasteiger partial charge is 0.390 e. The van der Waals surface area contributed by atoms with Gasteiger partial charge in [0.05, 0.1) is 11.7 Å². The summed E-state index contributed by atoms with van der Waals surface area (Å²) in [4.78, 5) is 0. The molecule has 3 rings (SSSR count). The first kappa shape index (κ1) is 9.41. The lowest BCUT2D eigenvalue weighted by Crippen LogP contribution is -2.66. The van der Waals surface area contributed by atoms with Gasteiger partial charge in [0.2, 0.25) is 0 Å². The number of hydrogen-bond acceptors (Lipinski definition) is 2. The number of halogens is 1. The summed E-state index contributed by atoms with van der Waals surface area (Å²) in [5, 5.41) is 9.70. The second-order valence-corrected chi connectivity index (χ2v) is 5.04. The number of aliphatic hydroxyl groups is 1. The molecular weight excluding hydrogens is 171 g/mol. The van der Waals surface area contributed by atoms with Crippen LogP contribution in [-0.2, 0) is 4.74 Å². The minimum atomic E-state index is -1.02. The first-order valence-corrected chi connectivity index (χ1v) is 4.88. The van der Waals surface area contributed by atoms with Crippen LogP contribution in [0.2, 0.25) is 0 Å². The van der Waals surface area contributed by atoms with E-state index in [1.54, 1.807) is 6.92 Å². The maximum absolute atomic E-state index is 13.6. The van der Waals surface area contributed by atoms with Crippen LogP contribution in [0.15, 0.2) is 0 Å². The quantitative estimate of drug-likeness (QED) is 0.626. The average molecular weight is 188 g/mol. The zero-order valence-corrected chi connectivity index (χ0v) is 8.38. The molecular formula is C10H17FO2. The number of aliphatic hydroxyl groups excluding tert-OH is 1. The number of ether oxygens (including phenoxy) is 1. The summed E-state index contributed by atoms with van der Waals surface area (Å²) in [7, 11) is 0. The van der Waals surface area contributed by atoms with Gasteiger partial charge in [0.1, 0.15) is 11.8 Å². The fourth-order valence-corrected chi connectivity index (χ4v) is 2.64. The van der Waals surface area contributed by atoms with Gasteiger partial charge in [-0.15, -0.1) is 0 Å². The summed E-state index contributed by atoms with van der Waals surface area (Å²) < 4.78 is 19.2. The van der Waals surface area contributed by atoms with E-state index < -0.39 is 17.9 Å². The van der Waals surface area contributed by atoms with Crippen LogP contribution in [0.25, 0.3) is 0 Å². The number of hydrogen-bond donors (Lipinski definition) is 1. The molecule has 0 aromatic heterocycles. The normalized spacial score (nSPS) is 53.8. The molecule has 13 heavy (non-hydrogen) atoms. The van der Waals surface area contributed by atoms with Crippen LogP contribution in [0, 0.1) is 5.92 Å². The van der Waals surface area contributed by atoms with E-state index in [1.807, 2.05) is 13.8 Å². The van der Waals surface area contributed by atoms with Gasteiger partial charge in [-0.2, -0.15) is 0 Å². The standard InChI is InChI=1S/C10H17FO2/c1-9(2)6-4-7(11)10(3,13-9)8(12)5-6/h6-8,12H,4-5H2,1-3H3. The maximum atomic E-state index is 13.6. The fraction of sp³-hybridized carbons (Fsp3) is 1.00. The number of fused-ring (bicyclic) bond motifs is 3. The summed E-state index contributed by atoms with van der Waals surface area (Å²) >= 11 is 0. The Kier molecular flexibility index (Phi) is 1.77. The highest BCUT2D eigenvalue weighted by atomic mass is 19.1. The molecule has 3 fully saturated rings. The lowest BCUT2D eigenvalue weighted by Gasteiger charge is -2.57. The molecule has 2 aliphatic heterocycles. The topological polar surface area (TPSA) is 29.5 Å². The number of alkyl halides is 1. The van der Waals surface area contributed by atoms with Crippen LogP contribution >= 0.6 is 0 Å². The molecule has 1 N–H and O–H groups in total. The summed E-state index contributed by atoms with van der Waals surface area (Å²) in [5.74, 6) is 0.152. The molecule has 0 aromatic rings. The highest BCUT2D eigenvalue weighted by molar-refractivity contribution is 5.07. The van der Waals surface area contributed by atoms with Gasteiger partial charge in [-0.25, -0.2) is 4.39 Å². The van der Waals surface area contributed by atoms with Crippen molar-refractivity contribution in [3.8, 4) is 0 Å². The first-order valence-electron chi connectivity index (χ1n) is 4.88. The number of rotatable bonds is 0. The van der Waals surface area contributed by atoms with E-state index in [0.29, 0.717) is 12.8 Å². The van der Waals surface area contributed by atoms with E-state index in [9.17, 15) is 9.50 Å². The van der Waals surface area contributed by atoms with Crippen molar-refractivity contribution >= 4 is 0 Å². The van der Waals surface area contributed by atoms with E-state index in [2.05, 4.69) is 0 Å². The molecule has 2 nitrogen and oxygen atoms in total. The molecule has 3 heteroatoms. The molecule has 76 valence electrons. The Bertz CT molecular complexity index is 215. The predicted octanol–water partition coefficient (Wildman–Crippen LogP) is 1.66. The molecule has 0 aromatic carbocycles. The Morgan fingerprint density at radius 3 is 2.38 bits per heavy atom. The summed E-state index contributed by atoms with van der Waals surface area (Å²) in [5.41, 5.74) is -1.26. The van der Waals surface area contributed by atoms with E-state index in [0.717, 1.165) is 0 Å². The van der Waals surface area contributed by atoms with Gasteiger partial charge in [0.25, 0.3) is 0 Å². The Balaban J connectivity index is 2.32. The fourth-order valence-electron chi connectivity index (χ4n) is 2.64. The summed E-state index contributed by atoms with van der Waals surface area (Å²) in [6.07, 6.45) is -0.464. The third-order valence-electron chi connectivity index (χ3n) is 3.75. The van der Waals surface area contributed by atoms with Crippen LogP contribution < -0.4 is 0 Å². The SMILES string of the molecule is CC1(C)OC2(C)C(O)CC1CC2F. The third-order valence-corrected chi connectivity index (χ3v) is 3.75. The lowest BCUT2D eigenvalue weighted by molar-refractivity contribution is -0.298. The molecule has 0 spiro atoms.